The summed E-state index contributed by atoms with van der Waals surface area (Å²) in [7, 11) is -4.34. The Hall–Kier alpha value is -1.38. The fourth-order valence-electron chi connectivity index (χ4n) is 1.65. The van der Waals surface area contributed by atoms with Crippen LogP contribution in [-0.4, -0.2) is 26.6 Å². The van der Waals surface area contributed by atoms with Gasteiger partial charge in [0.05, 0.1) is 17.5 Å². The van der Waals surface area contributed by atoms with Crippen molar-refractivity contribution < 1.29 is 30.4 Å². The quantitative estimate of drug-likeness (QED) is 0.512. The predicted octanol–water partition coefficient (Wildman–Crippen LogP) is 3.27. The zero-order valence-electron chi connectivity index (χ0n) is 11.5. The second-order valence-electron chi connectivity index (χ2n) is 4.64. The Labute approximate surface area is 119 Å². The Morgan fingerprint density at radius 2 is 1.57 bits per heavy atom. The molecule has 1 rings (SSSR count). The number of hydrogen-bond donors (Lipinski definition) is 1. The summed E-state index contributed by atoms with van der Waals surface area (Å²) in [6.07, 6.45) is -2.88. The lowest BCUT2D eigenvalue weighted by Crippen LogP contribution is -2.22. The molecule has 0 saturated heterocycles. The minimum atomic E-state index is -4.34. The molecule has 9 heteroatoms. The van der Waals surface area contributed by atoms with Crippen molar-refractivity contribution in [2.75, 3.05) is 11.9 Å². The van der Waals surface area contributed by atoms with E-state index in [1.165, 1.54) is 13.8 Å². The first-order valence-corrected chi connectivity index (χ1v) is 7.49. The number of halogens is 5. The van der Waals surface area contributed by atoms with Crippen molar-refractivity contribution >= 4 is 15.5 Å². The van der Waals surface area contributed by atoms with Gasteiger partial charge in [-0.05, 0) is 20.8 Å². The van der Waals surface area contributed by atoms with E-state index >= 15 is 0 Å². The van der Waals surface area contributed by atoms with Crippen LogP contribution in [0.3, 0.4) is 0 Å². The standard InChI is InChI=1S/C12H14F5NO2S/c1-5(2)21(19,20)12-10(17)9(16)8(15)6(3)11(12)18-4-7(13)14/h5,7,18H,4H2,1-3H3. The molecule has 1 N–H and O–H groups in total. The van der Waals surface area contributed by atoms with Crippen LogP contribution in [0.1, 0.15) is 19.4 Å². The summed E-state index contributed by atoms with van der Waals surface area (Å²) < 4.78 is 89.5. The lowest BCUT2D eigenvalue weighted by molar-refractivity contribution is 0.163. The molecule has 0 atom stereocenters. The molecule has 0 radical (unpaired) electrons. The first-order chi connectivity index (χ1) is 9.51. The maximum atomic E-state index is 13.9. The summed E-state index contributed by atoms with van der Waals surface area (Å²) in [5.74, 6) is -5.48. The second kappa shape index (κ2) is 6.17. The monoisotopic (exact) mass is 331 g/mol. The molecule has 0 unspecified atom stereocenters. The maximum Gasteiger partial charge on any atom is 0.255 e. The summed E-state index contributed by atoms with van der Waals surface area (Å²) in [5.41, 5.74) is -1.26. The summed E-state index contributed by atoms with van der Waals surface area (Å²) >= 11 is 0. The molecule has 0 aliphatic carbocycles. The van der Waals surface area contributed by atoms with Crippen molar-refractivity contribution in [1.29, 1.82) is 0 Å². The average molecular weight is 331 g/mol. The number of hydrogen-bond acceptors (Lipinski definition) is 3. The van der Waals surface area contributed by atoms with Crippen LogP contribution >= 0.6 is 0 Å². The summed E-state index contributed by atoms with van der Waals surface area (Å²) in [5, 5.41) is 0.839. The van der Waals surface area contributed by atoms with Gasteiger partial charge >= 0.3 is 0 Å². The normalized spacial score (nSPS) is 12.3. The third-order valence-electron chi connectivity index (χ3n) is 2.85. The summed E-state index contributed by atoms with van der Waals surface area (Å²) in [4.78, 5) is -1.13. The van der Waals surface area contributed by atoms with Crippen LogP contribution in [0.15, 0.2) is 4.90 Å². The van der Waals surface area contributed by atoms with Gasteiger partial charge in [-0.25, -0.2) is 30.4 Å². The van der Waals surface area contributed by atoms with Crippen LogP contribution in [0.2, 0.25) is 0 Å². The molecule has 120 valence electrons. The average Bonchev–Trinajstić information content (AvgIpc) is 2.38. The van der Waals surface area contributed by atoms with Gasteiger partial charge in [-0.15, -0.1) is 0 Å². The molecular weight excluding hydrogens is 317 g/mol. The molecule has 0 aliphatic heterocycles. The Balaban J connectivity index is 3.67. The highest BCUT2D eigenvalue weighted by molar-refractivity contribution is 7.92. The lowest BCUT2D eigenvalue weighted by Gasteiger charge is -2.18. The Kier molecular flexibility index (Phi) is 5.19. The number of benzene rings is 1. The van der Waals surface area contributed by atoms with Gasteiger partial charge in [-0.2, -0.15) is 0 Å². The summed E-state index contributed by atoms with van der Waals surface area (Å²) in [6.45, 7) is 2.38. The molecule has 0 heterocycles. The van der Waals surface area contributed by atoms with Crippen molar-refractivity contribution in [2.24, 2.45) is 0 Å². The molecule has 0 amide bonds. The number of alkyl halides is 2. The van der Waals surface area contributed by atoms with E-state index < -0.39 is 61.7 Å². The first kappa shape index (κ1) is 17.7. The van der Waals surface area contributed by atoms with Gasteiger partial charge in [0.15, 0.2) is 27.3 Å². The topological polar surface area (TPSA) is 46.2 Å². The van der Waals surface area contributed by atoms with Gasteiger partial charge in [0.25, 0.3) is 6.43 Å². The second-order valence-corrected chi connectivity index (χ2v) is 7.08. The minimum Gasteiger partial charge on any atom is -0.378 e. The highest BCUT2D eigenvalue weighted by atomic mass is 32.2. The van der Waals surface area contributed by atoms with E-state index in [2.05, 4.69) is 0 Å². The SMILES string of the molecule is Cc1c(F)c(F)c(F)c(S(=O)(=O)C(C)C)c1NCC(F)F. The molecule has 0 aliphatic rings. The number of nitrogens with one attached hydrogen (secondary N) is 1. The number of sulfone groups is 1. The molecule has 0 aromatic heterocycles. The molecule has 1 aromatic carbocycles. The van der Waals surface area contributed by atoms with E-state index in [9.17, 15) is 30.4 Å². The molecule has 0 fully saturated rings. The third-order valence-corrected chi connectivity index (χ3v) is 5.05. The van der Waals surface area contributed by atoms with E-state index in [1.807, 2.05) is 5.32 Å². The highest BCUT2D eigenvalue weighted by Gasteiger charge is 2.33. The highest BCUT2D eigenvalue weighted by Crippen LogP contribution is 2.34. The van der Waals surface area contributed by atoms with E-state index in [1.54, 1.807) is 0 Å². The van der Waals surface area contributed by atoms with E-state index in [0.29, 0.717) is 0 Å². The van der Waals surface area contributed by atoms with E-state index in [0.717, 1.165) is 6.92 Å². The molecule has 1 aromatic rings. The van der Waals surface area contributed by atoms with Crippen LogP contribution in [0.4, 0.5) is 27.6 Å². The Bertz CT molecular complexity index is 644. The van der Waals surface area contributed by atoms with Crippen LogP contribution in [0, 0.1) is 24.4 Å². The van der Waals surface area contributed by atoms with E-state index in [-0.39, 0.29) is 0 Å². The smallest absolute Gasteiger partial charge is 0.255 e. The first-order valence-electron chi connectivity index (χ1n) is 5.94. The lowest BCUT2D eigenvalue weighted by atomic mass is 10.1. The van der Waals surface area contributed by atoms with Crippen LogP contribution in [-0.2, 0) is 9.84 Å². The van der Waals surface area contributed by atoms with Gasteiger partial charge in [0, 0.05) is 5.56 Å². The molecule has 0 spiro atoms. The fourth-order valence-corrected chi connectivity index (χ4v) is 2.97. The van der Waals surface area contributed by atoms with Gasteiger partial charge < -0.3 is 5.32 Å². The molecule has 0 bridgehead atoms. The Morgan fingerprint density at radius 3 is 2.00 bits per heavy atom. The number of rotatable bonds is 5. The van der Waals surface area contributed by atoms with Crippen molar-refractivity contribution in [3.8, 4) is 0 Å². The van der Waals surface area contributed by atoms with Gasteiger partial charge in [-0.1, -0.05) is 0 Å². The van der Waals surface area contributed by atoms with Gasteiger partial charge in [0.2, 0.25) is 0 Å². The van der Waals surface area contributed by atoms with Crippen LogP contribution in [0.5, 0.6) is 0 Å². The van der Waals surface area contributed by atoms with Crippen molar-refractivity contribution in [2.45, 2.75) is 37.3 Å². The number of anilines is 1. The van der Waals surface area contributed by atoms with Gasteiger partial charge in [0.1, 0.15) is 4.90 Å². The zero-order chi connectivity index (χ0) is 16.5. The molecule has 3 nitrogen and oxygen atoms in total. The van der Waals surface area contributed by atoms with Crippen LogP contribution in [0.25, 0.3) is 0 Å². The maximum absolute atomic E-state index is 13.9. The van der Waals surface area contributed by atoms with Crippen molar-refractivity contribution in [1.82, 2.24) is 0 Å². The summed E-state index contributed by atoms with van der Waals surface area (Å²) in [6, 6.07) is 0. The van der Waals surface area contributed by atoms with Crippen LogP contribution < -0.4 is 5.32 Å². The predicted molar refractivity (Wildman–Crippen MR) is 67.9 cm³/mol. The molecular formula is C12H14F5NO2S. The third kappa shape index (κ3) is 3.28. The van der Waals surface area contributed by atoms with Crippen molar-refractivity contribution in [3.63, 3.8) is 0 Å². The fraction of sp³-hybridized carbons (Fsp3) is 0.500. The van der Waals surface area contributed by atoms with Crippen molar-refractivity contribution in [3.05, 3.63) is 23.0 Å². The Morgan fingerprint density at radius 1 is 1.05 bits per heavy atom. The zero-order valence-corrected chi connectivity index (χ0v) is 12.3. The van der Waals surface area contributed by atoms with E-state index in [4.69, 9.17) is 0 Å². The molecule has 21 heavy (non-hydrogen) atoms. The minimum absolute atomic E-state index is 0.575. The largest absolute Gasteiger partial charge is 0.378 e. The van der Waals surface area contributed by atoms with Gasteiger partial charge in [-0.3, -0.25) is 0 Å². The molecule has 0 saturated carbocycles.